The molecule has 0 aliphatic heterocycles. The molecule has 0 aliphatic rings. The third kappa shape index (κ3) is 2.26. The van der Waals surface area contributed by atoms with Crippen molar-refractivity contribution in [1.82, 2.24) is 5.10 Å². The number of aromatic nitrogens is 2. The van der Waals surface area contributed by atoms with Gasteiger partial charge in [-0.15, -0.1) is 0 Å². The van der Waals surface area contributed by atoms with Crippen LogP contribution in [0.5, 0.6) is 0 Å². The lowest BCUT2D eigenvalue weighted by Gasteiger charge is -1.88. The van der Waals surface area contributed by atoms with Crippen LogP contribution in [0.1, 0.15) is 0 Å². The van der Waals surface area contributed by atoms with Gasteiger partial charge in [0.05, 0.1) is 0 Å². The summed E-state index contributed by atoms with van der Waals surface area (Å²) in [6.07, 6.45) is 0. The monoisotopic (exact) mass is 212 g/mol. The van der Waals surface area contributed by atoms with E-state index in [2.05, 4.69) is 17.2 Å². The van der Waals surface area contributed by atoms with E-state index in [1.165, 1.54) is 5.56 Å². The summed E-state index contributed by atoms with van der Waals surface area (Å²) in [5.74, 6) is 0. The van der Waals surface area contributed by atoms with Crippen molar-refractivity contribution in [2.45, 2.75) is 0 Å². The fraction of sp³-hybridized carbons (Fsp3) is 0.111. The normalized spacial score (nSPS) is 9.31. The minimum absolute atomic E-state index is 0. The lowest BCUT2D eigenvalue weighted by molar-refractivity contribution is -0.724. The van der Waals surface area contributed by atoms with Crippen molar-refractivity contribution >= 4 is 11.3 Å². The van der Waals surface area contributed by atoms with Crippen LogP contribution >= 0.6 is 11.3 Å². The summed E-state index contributed by atoms with van der Waals surface area (Å²) in [5, 5.41) is 5.38. The molecule has 0 unspecified atom stereocenters. The highest BCUT2D eigenvalue weighted by Crippen LogP contribution is 2.18. The lowest BCUT2D eigenvalue weighted by atomic mass is 10.2. The van der Waals surface area contributed by atoms with Crippen molar-refractivity contribution in [3.8, 4) is 10.6 Å². The van der Waals surface area contributed by atoms with Crippen LogP contribution in [-0.4, -0.2) is 5.10 Å². The Kier molecular flexibility index (Phi) is 3.39. The molecular formula is C9H9ClN2S. The van der Waals surface area contributed by atoms with Gasteiger partial charge in [-0.25, -0.2) is 0 Å². The number of aryl methyl sites for hydroxylation is 1. The fourth-order valence-corrected chi connectivity index (χ4v) is 1.77. The first-order valence-electron chi connectivity index (χ1n) is 3.73. The van der Waals surface area contributed by atoms with E-state index in [1.54, 1.807) is 11.3 Å². The van der Waals surface area contributed by atoms with Crippen LogP contribution in [0.25, 0.3) is 10.6 Å². The van der Waals surface area contributed by atoms with E-state index < -0.39 is 0 Å². The zero-order chi connectivity index (χ0) is 8.39. The molecular weight excluding hydrogens is 204 g/mol. The molecule has 2 aromatic rings. The number of hydrogen-bond acceptors (Lipinski definition) is 2. The van der Waals surface area contributed by atoms with Gasteiger partial charge in [0.25, 0.3) is 5.51 Å². The molecule has 13 heavy (non-hydrogen) atoms. The van der Waals surface area contributed by atoms with E-state index in [1.807, 2.05) is 35.4 Å². The number of nitrogens with zero attached hydrogens (tertiary/aromatic N) is 2. The van der Waals surface area contributed by atoms with Crippen molar-refractivity contribution in [2.75, 3.05) is 0 Å². The van der Waals surface area contributed by atoms with E-state index in [9.17, 15) is 0 Å². The second-order valence-electron chi connectivity index (χ2n) is 2.57. The Hall–Kier alpha value is -0.930. The molecule has 2 nitrogen and oxygen atoms in total. The number of halogens is 1. The Morgan fingerprint density at radius 3 is 2.46 bits per heavy atom. The average Bonchev–Trinajstić information content (AvgIpc) is 2.54. The van der Waals surface area contributed by atoms with E-state index in [0.29, 0.717) is 0 Å². The second-order valence-corrected chi connectivity index (χ2v) is 3.40. The van der Waals surface area contributed by atoms with Crippen LogP contribution in [0.3, 0.4) is 0 Å². The van der Waals surface area contributed by atoms with Crippen LogP contribution < -0.4 is 17.1 Å². The van der Waals surface area contributed by atoms with Crippen LogP contribution in [-0.2, 0) is 7.05 Å². The molecule has 0 saturated heterocycles. The minimum atomic E-state index is 0. The molecule has 0 radical (unpaired) electrons. The molecule has 0 aliphatic carbocycles. The van der Waals surface area contributed by atoms with E-state index in [4.69, 9.17) is 0 Å². The summed E-state index contributed by atoms with van der Waals surface area (Å²) in [6, 6.07) is 10.2. The van der Waals surface area contributed by atoms with Gasteiger partial charge in [0.15, 0.2) is 12.1 Å². The maximum absolute atomic E-state index is 4.32. The highest BCUT2D eigenvalue weighted by Gasteiger charge is 2.05. The van der Waals surface area contributed by atoms with Crippen LogP contribution in [0.4, 0.5) is 0 Å². The topological polar surface area (TPSA) is 16.8 Å². The van der Waals surface area contributed by atoms with Gasteiger partial charge in [0, 0.05) is 10.7 Å². The van der Waals surface area contributed by atoms with Gasteiger partial charge in [-0.05, 0) is 11.3 Å². The van der Waals surface area contributed by atoms with Gasteiger partial charge in [0.2, 0.25) is 0 Å². The maximum atomic E-state index is 4.32. The summed E-state index contributed by atoms with van der Waals surface area (Å²) in [5.41, 5.74) is 3.17. The molecule has 0 spiro atoms. The van der Waals surface area contributed by atoms with Crippen molar-refractivity contribution < 1.29 is 17.1 Å². The Morgan fingerprint density at radius 2 is 1.92 bits per heavy atom. The first-order valence-corrected chi connectivity index (χ1v) is 4.61. The molecule has 0 amide bonds. The third-order valence-electron chi connectivity index (χ3n) is 1.59. The molecule has 1 aromatic heterocycles. The van der Waals surface area contributed by atoms with Gasteiger partial charge in [-0.3, -0.25) is 0 Å². The smallest absolute Gasteiger partial charge is 0.253 e. The molecule has 0 bridgehead atoms. The van der Waals surface area contributed by atoms with Gasteiger partial charge >= 0.3 is 0 Å². The van der Waals surface area contributed by atoms with Crippen LogP contribution in [0.2, 0.25) is 0 Å². The molecule has 0 fully saturated rings. The maximum Gasteiger partial charge on any atom is 0.253 e. The van der Waals surface area contributed by atoms with Gasteiger partial charge < -0.3 is 12.4 Å². The van der Waals surface area contributed by atoms with E-state index in [0.717, 1.165) is 5.01 Å². The van der Waals surface area contributed by atoms with Crippen molar-refractivity contribution in [2.24, 2.45) is 7.05 Å². The zero-order valence-electron chi connectivity index (χ0n) is 7.14. The van der Waals surface area contributed by atoms with E-state index >= 15 is 0 Å². The molecule has 2 rings (SSSR count). The lowest BCUT2D eigenvalue weighted by Crippen LogP contribution is -3.00. The molecule has 1 aromatic carbocycles. The Labute approximate surface area is 87.3 Å². The van der Waals surface area contributed by atoms with Gasteiger partial charge in [-0.1, -0.05) is 35.0 Å². The van der Waals surface area contributed by atoms with Crippen molar-refractivity contribution in [1.29, 1.82) is 0 Å². The number of rotatable bonds is 1. The van der Waals surface area contributed by atoms with Crippen LogP contribution in [0.15, 0.2) is 35.8 Å². The minimum Gasteiger partial charge on any atom is -1.00 e. The quantitative estimate of drug-likeness (QED) is 0.534. The second kappa shape index (κ2) is 4.35. The fourth-order valence-electron chi connectivity index (χ4n) is 1.02. The Balaban J connectivity index is 0.000000845. The molecule has 0 N–H and O–H groups in total. The predicted molar refractivity (Wildman–Crippen MR) is 48.7 cm³/mol. The number of benzene rings is 1. The summed E-state index contributed by atoms with van der Waals surface area (Å²) in [6.45, 7) is 0. The summed E-state index contributed by atoms with van der Waals surface area (Å²) >= 11 is 1.65. The number of hydrogen-bond donors (Lipinski definition) is 0. The highest BCUT2D eigenvalue weighted by molar-refractivity contribution is 7.12. The first-order chi connectivity index (χ1) is 5.86. The van der Waals surface area contributed by atoms with Gasteiger partial charge in [0.1, 0.15) is 0 Å². The zero-order valence-corrected chi connectivity index (χ0v) is 8.72. The van der Waals surface area contributed by atoms with E-state index in [-0.39, 0.29) is 12.4 Å². The summed E-state index contributed by atoms with van der Waals surface area (Å²) < 4.78 is 1.83. The molecule has 1 heterocycles. The summed E-state index contributed by atoms with van der Waals surface area (Å²) in [4.78, 5) is 0. The summed E-state index contributed by atoms with van der Waals surface area (Å²) in [7, 11) is 1.93. The van der Waals surface area contributed by atoms with Crippen LogP contribution in [0, 0.1) is 0 Å². The van der Waals surface area contributed by atoms with Crippen molar-refractivity contribution in [3.63, 3.8) is 0 Å². The molecule has 0 saturated carbocycles. The molecule has 4 heteroatoms. The Morgan fingerprint density at radius 1 is 1.23 bits per heavy atom. The Bertz CT molecular complexity index is 372. The molecule has 68 valence electrons. The van der Waals surface area contributed by atoms with Crippen molar-refractivity contribution in [3.05, 3.63) is 35.8 Å². The largest absolute Gasteiger partial charge is 1.00 e. The third-order valence-corrected chi connectivity index (χ3v) is 2.54. The van der Waals surface area contributed by atoms with Gasteiger partial charge in [-0.2, -0.15) is 0 Å². The standard InChI is InChI=1S/C9H9N2S.ClH/c1-11-7-12-9(10-11)8-5-3-2-4-6-8;/h2-7H,1H3;1H/q+1;/p-1. The molecule has 0 atom stereocenters. The first kappa shape index (κ1) is 10.2. The SMILES string of the molecule is C[n+]1csc(-c2ccccc2)n1.[Cl-]. The highest BCUT2D eigenvalue weighted by atomic mass is 35.5. The average molecular weight is 213 g/mol. The predicted octanol–water partition coefficient (Wildman–Crippen LogP) is -1.36.